The first-order valence-corrected chi connectivity index (χ1v) is 6.17. The van der Waals surface area contributed by atoms with Gasteiger partial charge in [-0.2, -0.15) is 9.97 Å². The zero-order valence-electron chi connectivity index (χ0n) is 11.2. The molecule has 0 amide bonds. The van der Waals surface area contributed by atoms with Crippen molar-refractivity contribution in [2.24, 2.45) is 0 Å². The van der Waals surface area contributed by atoms with E-state index in [2.05, 4.69) is 20.3 Å². The van der Waals surface area contributed by atoms with E-state index in [1.54, 1.807) is 12.4 Å². The van der Waals surface area contributed by atoms with Gasteiger partial charge in [-0.3, -0.25) is 4.98 Å². The Morgan fingerprint density at radius 3 is 2.68 bits per heavy atom. The van der Waals surface area contributed by atoms with E-state index >= 15 is 0 Å². The second-order valence-corrected chi connectivity index (χ2v) is 4.21. The average Bonchev–Trinajstić information content (AvgIpc) is 2.39. The molecule has 19 heavy (non-hydrogen) atoms. The van der Waals surface area contributed by atoms with Gasteiger partial charge in [0.05, 0.1) is 0 Å². The van der Waals surface area contributed by atoms with E-state index in [1.807, 2.05) is 37.1 Å². The van der Waals surface area contributed by atoms with E-state index in [0.717, 1.165) is 24.7 Å². The van der Waals surface area contributed by atoms with Crippen LogP contribution in [0.15, 0.2) is 30.6 Å². The topological polar surface area (TPSA) is 80.0 Å². The van der Waals surface area contributed by atoms with Crippen LogP contribution in [0.5, 0.6) is 0 Å². The highest BCUT2D eigenvalue weighted by Crippen LogP contribution is 2.17. The molecule has 0 saturated carbocycles. The van der Waals surface area contributed by atoms with E-state index in [0.29, 0.717) is 0 Å². The SMILES string of the molecule is CCNc1cc(N(C)Cc2ccncc2)nc(N)n1. The quantitative estimate of drug-likeness (QED) is 0.846. The summed E-state index contributed by atoms with van der Waals surface area (Å²) in [6, 6.07) is 5.85. The zero-order valence-corrected chi connectivity index (χ0v) is 11.2. The first-order valence-electron chi connectivity index (χ1n) is 6.17. The molecule has 2 rings (SSSR count). The molecule has 0 atom stereocenters. The van der Waals surface area contributed by atoms with Crippen LogP contribution in [0.3, 0.4) is 0 Å². The van der Waals surface area contributed by atoms with Crippen molar-refractivity contribution < 1.29 is 0 Å². The summed E-state index contributed by atoms with van der Waals surface area (Å²) >= 11 is 0. The van der Waals surface area contributed by atoms with Crippen molar-refractivity contribution >= 4 is 17.6 Å². The van der Waals surface area contributed by atoms with Gasteiger partial charge in [0.2, 0.25) is 5.95 Å². The van der Waals surface area contributed by atoms with E-state index in [4.69, 9.17) is 5.73 Å². The van der Waals surface area contributed by atoms with Crippen LogP contribution in [0.25, 0.3) is 0 Å². The van der Waals surface area contributed by atoms with Crippen LogP contribution in [0, 0.1) is 0 Å². The zero-order chi connectivity index (χ0) is 13.7. The van der Waals surface area contributed by atoms with Crippen molar-refractivity contribution in [3.63, 3.8) is 0 Å². The maximum atomic E-state index is 5.72. The van der Waals surface area contributed by atoms with Gasteiger partial charge in [0.1, 0.15) is 11.6 Å². The Morgan fingerprint density at radius 1 is 1.26 bits per heavy atom. The van der Waals surface area contributed by atoms with Crippen molar-refractivity contribution in [2.45, 2.75) is 13.5 Å². The lowest BCUT2D eigenvalue weighted by molar-refractivity contribution is 0.891. The highest BCUT2D eigenvalue weighted by atomic mass is 15.2. The summed E-state index contributed by atoms with van der Waals surface area (Å²) in [5.41, 5.74) is 6.89. The fourth-order valence-electron chi connectivity index (χ4n) is 1.76. The van der Waals surface area contributed by atoms with E-state index in [1.165, 1.54) is 5.56 Å². The average molecular weight is 258 g/mol. The summed E-state index contributed by atoms with van der Waals surface area (Å²) < 4.78 is 0. The molecule has 6 heteroatoms. The molecular weight excluding hydrogens is 240 g/mol. The summed E-state index contributed by atoms with van der Waals surface area (Å²) in [6.07, 6.45) is 3.56. The van der Waals surface area contributed by atoms with Gasteiger partial charge in [-0.05, 0) is 24.6 Å². The van der Waals surface area contributed by atoms with Crippen LogP contribution in [0.1, 0.15) is 12.5 Å². The van der Waals surface area contributed by atoms with Crippen LogP contribution in [-0.2, 0) is 6.54 Å². The van der Waals surface area contributed by atoms with Crippen LogP contribution < -0.4 is 16.0 Å². The fraction of sp³-hybridized carbons (Fsp3) is 0.308. The van der Waals surface area contributed by atoms with Crippen LogP contribution in [0.2, 0.25) is 0 Å². The number of nitrogens with zero attached hydrogens (tertiary/aromatic N) is 4. The minimum absolute atomic E-state index is 0.273. The Bertz CT molecular complexity index is 528. The molecule has 0 aliphatic heterocycles. The van der Waals surface area contributed by atoms with Crippen molar-refractivity contribution in [2.75, 3.05) is 29.5 Å². The Kier molecular flexibility index (Phi) is 4.12. The molecule has 2 aromatic rings. The van der Waals surface area contributed by atoms with E-state index in [9.17, 15) is 0 Å². The van der Waals surface area contributed by atoms with Gasteiger partial charge >= 0.3 is 0 Å². The number of nitrogen functional groups attached to an aromatic ring is 1. The van der Waals surface area contributed by atoms with Crippen molar-refractivity contribution in [3.8, 4) is 0 Å². The molecule has 0 spiro atoms. The van der Waals surface area contributed by atoms with Gasteiger partial charge in [0.15, 0.2) is 0 Å². The molecule has 0 saturated heterocycles. The lowest BCUT2D eigenvalue weighted by Crippen LogP contribution is -2.19. The molecule has 0 radical (unpaired) electrons. The van der Waals surface area contributed by atoms with Crippen LogP contribution >= 0.6 is 0 Å². The third-order valence-corrected chi connectivity index (χ3v) is 2.65. The smallest absolute Gasteiger partial charge is 0.223 e. The first-order chi connectivity index (χ1) is 9.19. The molecule has 2 heterocycles. The second kappa shape index (κ2) is 5.99. The lowest BCUT2D eigenvalue weighted by atomic mass is 10.2. The Balaban J connectivity index is 2.16. The number of aromatic nitrogens is 3. The number of nitrogens with two attached hydrogens (primary N) is 1. The molecule has 0 bridgehead atoms. The molecule has 2 aromatic heterocycles. The fourth-order valence-corrected chi connectivity index (χ4v) is 1.76. The minimum atomic E-state index is 0.273. The molecule has 0 fully saturated rings. The number of hydrogen-bond acceptors (Lipinski definition) is 6. The van der Waals surface area contributed by atoms with Gasteiger partial charge in [0.25, 0.3) is 0 Å². The number of rotatable bonds is 5. The standard InChI is InChI=1S/C13H18N6/c1-3-16-11-8-12(18-13(14)17-11)19(2)9-10-4-6-15-7-5-10/h4-8H,3,9H2,1-2H3,(H3,14,16,17,18). The van der Waals surface area contributed by atoms with Gasteiger partial charge in [-0.25, -0.2) is 0 Å². The largest absolute Gasteiger partial charge is 0.370 e. The maximum absolute atomic E-state index is 5.72. The lowest BCUT2D eigenvalue weighted by Gasteiger charge is -2.19. The Morgan fingerprint density at radius 2 is 2.00 bits per heavy atom. The molecular formula is C13H18N6. The molecule has 0 unspecified atom stereocenters. The molecule has 0 aliphatic carbocycles. The summed E-state index contributed by atoms with van der Waals surface area (Å²) in [5.74, 6) is 1.81. The number of nitrogens with one attached hydrogen (secondary N) is 1. The van der Waals surface area contributed by atoms with Crippen LogP contribution in [0.4, 0.5) is 17.6 Å². The van der Waals surface area contributed by atoms with Crippen LogP contribution in [-0.4, -0.2) is 28.5 Å². The molecule has 0 aromatic carbocycles. The number of pyridine rings is 1. The van der Waals surface area contributed by atoms with Crippen molar-refractivity contribution in [1.29, 1.82) is 0 Å². The second-order valence-electron chi connectivity index (χ2n) is 4.21. The van der Waals surface area contributed by atoms with Gasteiger partial charge in [-0.1, -0.05) is 0 Å². The van der Waals surface area contributed by atoms with Crippen molar-refractivity contribution in [1.82, 2.24) is 15.0 Å². The summed E-state index contributed by atoms with van der Waals surface area (Å²) in [5, 5.41) is 3.14. The highest BCUT2D eigenvalue weighted by molar-refractivity contribution is 5.52. The normalized spacial score (nSPS) is 10.2. The molecule has 0 aliphatic rings. The molecule has 3 N–H and O–H groups in total. The summed E-state index contributed by atoms with van der Waals surface area (Å²) in [6.45, 7) is 3.55. The first kappa shape index (κ1) is 13.1. The Hall–Kier alpha value is -2.37. The van der Waals surface area contributed by atoms with E-state index < -0.39 is 0 Å². The predicted molar refractivity (Wildman–Crippen MR) is 77.0 cm³/mol. The van der Waals surface area contributed by atoms with Gasteiger partial charge in [0, 0.05) is 38.6 Å². The van der Waals surface area contributed by atoms with Gasteiger partial charge in [-0.15, -0.1) is 0 Å². The minimum Gasteiger partial charge on any atom is -0.370 e. The highest BCUT2D eigenvalue weighted by Gasteiger charge is 2.07. The maximum Gasteiger partial charge on any atom is 0.223 e. The summed E-state index contributed by atoms with van der Waals surface area (Å²) in [7, 11) is 1.97. The van der Waals surface area contributed by atoms with Gasteiger partial charge < -0.3 is 16.0 Å². The monoisotopic (exact) mass is 258 g/mol. The summed E-state index contributed by atoms with van der Waals surface area (Å²) in [4.78, 5) is 14.4. The third kappa shape index (κ3) is 3.54. The third-order valence-electron chi connectivity index (χ3n) is 2.65. The number of hydrogen-bond donors (Lipinski definition) is 2. The van der Waals surface area contributed by atoms with E-state index in [-0.39, 0.29) is 5.95 Å². The Labute approximate surface area is 112 Å². The van der Waals surface area contributed by atoms with Crippen molar-refractivity contribution in [3.05, 3.63) is 36.2 Å². The molecule has 6 nitrogen and oxygen atoms in total. The number of anilines is 3. The molecule has 100 valence electrons. The predicted octanol–water partition coefficient (Wildman–Crippen LogP) is 1.52.